The summed E-state index contributed by atoms with van der Waals surface area (Å²) < 4.78 is 63.3. The van der Waals surface area contributed by atoms with E-state index in [-0.39, 0.29) is 17.3 Å². The van der Waals surface area contributed by atoms with E-state index in [0.29, 0.717) is 10.5 Å². The minimum absolute atomic E-state index is 0.0698. The van der Waals surface area contributed by atoms with Gasteiger partial charge in [-0.2, -0.15) is 0 Å². The molecule has 0 heterocycles. The summed E-state index contributed by atoms with van der Waals surface area (Å²) in [6.45, 7) is 0.0698. The van der Waals surface area contributed by atoms with Crippen LogP contribution in [-0.2, 0) is 21.3 Å². The summed E-state index contributed by atoms with van der Waals surface area (Å²) in [5, 5.41) is 0. The van der Waals surface area contributed by atoms with Crippen LogP contribution in [0.2, 0.25) is 0 Å². The van der Waals surface area contributed by atoms with Crippen molar-refractivity contribution in [3.63, 3.8) is 0 Å². The summed E-state index contributed by atoms with van der Waals surface area (Å²) >= 11 is 0.979. The summed E-state index contributed by atoms with van der Waals surface area (Å²) in [4.78, 5) is 8.39. The van der Waals surface area contributed by atoms with Gasteiger partial charge in [-0.15, -0.1) is 18.1 Å². The Hall–Kier alpha value is -1.75. The van der Waals surface area contributed by atoms with E-state index >= 15 is 0 Å². The Balaban J connectivity index is 1.86. The molecule has 0 radical (unpaired) electrons. The second-order valence-corrected chi connectivity index (χ2v) is 7.68. The zero-order valence-corrected chi connectivity index (χ0v) is 14.5. The SMILES string of the molecule is CS(=O)(=O)c1ccccc1SNOCc1ccc(OC(F)(F)F)cc1. The molecule has 2 rings (SSSR count). The first-order valence-corrected chi connectivity index (χ1v) is 9.53. The lowest BCUT2D eigenvalue weighted by molar-refractivity contribution is -0.274. The maximum absolute atomic E-state index is 12.1. The zero-order valence-electron chi connectivity index (χ0n) is 12.9. The van der Waals surface area contributed by atoms with Crippen molar-refractivity contribution in [3.8, 4) is 5.75 Å². The van der Waals surface area contributed by atoms with Crippen molar-refractivity contribution in [1.29, 1.82) is 0 Å². The normalized spacial score (nSPS) is 12.2. The van der Waals surface area contributed by atoms with E-state index in [1.54, 1.807) is 18.2 Å². The summed E-state index contributed by atoms with van der Waals surface area (Å²) in [6, 6.07) is 11.6. The first kappa shape index (κ1) is 19.6. The van der Waals surface area contributed by atoms with Gasteiger partial charge in [0.2, 0.25) is 0 Å². The number of halogens is 3. The Labute approximate surface area is 147 Å². The van der Waals surface area contributed by atoms with Gasteiger partial charge in [0.25, 0.3) is 0 Å². The van der Waals surface area contributed by atoms with Crippen LogP contribution in [0.4, 0.5) is 13.2 Å². The van der Waals surface area contributed by atoms with E-state index in [0.717, 1.165) is 18.2 Å². The first-order valence-electron chi connectivity index (χ1n) is 6.82. The molecule has 5 nitrogen and oxygen atoms in total. The molecule has 0 aliphatic heterocycles. The molecule has 0 saturated heterocycles. The molecular formula is C15H14F3NO4S2. The Kier molecular flexibility index (Phi) is 6.33. The number of rotatable bonds is 7. The third-order valence-corrected chi connectivity index (χ3v) is 4.92. The van der Waals surface area contributed by atoms with Crippen LogP contribution in [0.5, 0.6) is 5.75 Å². The molecule has 0 spiro atoms. The standard InChI is InChI=1S/C15H14F3NO4S2/c1-25(20,21)14-5-3-2-4-13(14)24-19-22-10-11-6-8-12(9-7-11)23-15(16,17)18/h2-9,19H,10H2,1H3. The van der Waals surface area contributed by atoms with Gasteiger partial charge in [0.15, 0.2) is 9.84 Å². The quantitative estimate of drug-likeness (QED) is 0.440. The smallest absolute Gasteiger partial charge is 0.406 e. The predicted molar refractivity (Wildman–Crippen MR) is 86.5 cm³/mol. The molecule has 2 aromatic rings. The largest absolute Gasteiger partial charge is 0.573 e. The van der Waals surface area contributed by atoms with Gasteiger partial charge in [-0.25, -0.2) is 8.42 Å². The van der Waals surface area contributed by atoms with E-state index in [9.17, 15) is 21.6 Å². The molecule has 2 aromatic carbocycles. The van der Waals surface area contributed by atoms with Gasteiger partial charge < -0.3 is 4.74 Å². The topological polar surface area (TPSA) is 64.6 Å². The fraction of sp³-hybridized carbons (Fsp3) is 0.200. The Morgan fingerprint density at radius 3 is 2.32 bits per heavy atom. The van der Waals surface area contributed by atoms with Crippen molar-refractivity contribution in [2.45, 2.75) is 22.8 Å². The lowest BCUT2D eigenvalue weighted by atomic mass is 10.2. The molecule has 0 fully saturated rings. The van der Waals surface area contributed by atoms with Crippen LogP contribution in [0.25, 0.3) is 0 Å². The number of nitrogens with one attached hydrogen (secondary N) is 1. The molecule has 136 valence electrons. The van der Waals surface area contributed by atoms with Crippen molar-refractivity contribution in [3.05, 3.63) is 54.1 Å². The van der Waals surface area contributed by atoms with Crippen LogP contribution in [0.15, 0.2) is 58.3 Å². The van der Waals surface area contributed by atoms with Crippen molar-refractivity contribution < 1.29 is 31.2 Å². The lowest BCUT2D eigenvalue weighted by Crippen LogP contribution is -2.17. The van der Waals surface area contributed by atoms with Crippen molar-refractivity contribution >= 4 is 21.8 Å². The number of alkyl halides is 3. The first-order chi connectivity index (χ1) is 11.6. The molecule has 0 bridgehead atoms. The predicted octanol–water partition coefficient (Wildman–Crippen LogP) is 3.72. The minimum Gasteiger partial charge on any atom is -0.406 e. The number of benzene rings is 2. The molecule has 0 aliphatic carbocycles. The highest BCUT2D eigenvalue weighted by molar-refractivity contribution is 7.98. The molecule has 25 heavy (non-hydrogen) atoms. The highest BCUT2D eigenvalue weighted by Gasteiger charge is 2.30. The van der Waals surface area contributed by atoms with Crippen molar-refractivity contribution in [2.75, 3.05) is 6.26 Å². The second-order valence-electron chi connectivity index (χ2n) is 4.88. The fourth-order valence-electron chi connectivity index (χ4n) is 1.82. The molecule has 0 atom stereocenters. The number of ether oxygens (including phenoxy) is 1. The maximum Gasteiger partial charge on any atom is 0.573 e. The van der Waals surface area contributed by atoms with Gasteiger partial charge >= 0.3 is 6.36 Å². The summed E-state index contributed by atoms with van der Waals surface area (Å²) in [5.74, 6) is -0.319. The number of hydrogen-bond donors (Lipinski definition) is 1. The van der Waals surface area contributed by atoms with Gasteiger partial charge in [0, 0.05) is 11.2 Å². The summed E-state index contributed by atoms with van der Waals surface area (Å²) in [5.41, 5.74) is 0.610. The highest BCUT2D eigenvalue weighted by atomic mass is 32.2. The van der Waals surface area contributed by atoms with Crippen LogP contribution in [0.1, 0.15) is 5.56 Å². The molecule has 0 aliphatic rings. The second kappa shape index (κ2) is 8.09. The van der Waals surface area contributed by atoms with E-state index in [2.05, 4.69) is 9.62 Å². The van der Waals surface area contributed by atoms with E-state index < -0.39 is 16.2 Å². The summed E-state index contributed by atoms with van der Waals surface area (Å²) in [6.07, 6.45) is -3.62. The van der Waals surface area contributed by atoms with Crippen molar-refractivity contribution in [2.24, 2.45) is 0 Å². The fourth-order valence-corrected chi connectivity index (χ4v) is 3.68. The zero-order chi connectivity index (χ0) is 18.5. The molecule has 0 amide bonds. The average molecular weight is 393 g/mol. The van der Waals surface area contributed by atoms with E-state index in [4.69, 9.17) is 4.84 Å². The van der Waals surface area contributed by atoms with Gasteiger partial charge in [-0.3, -0.25) is 4.84 Å². The number of hydrogen-bond acceptors (Lipinski definition) is 6. The van der Waals surface area contributed by atoms with Crippen LogP contribution < -0.4 is 9.62 Å². The van der Waals surface area contributed by atoms with Crippen LogP contribution in [0, 0.1) is 0 Å². The summed E-state index contributed by atoms with van der Waals surface area (Å²) in [7, 11) is -3.36. The van der Waals surface area contributed by atoms with Gasteiger partial charge in [0.1, 0.15) is 5.75 Å². The maximum atomic E-state index is 12.1. The Morgan fingerprint density at radius 1 is 1.08 bits per heavy atom. The van der Waals surface area contributed by atoms with Gasteiger partial charge in [-0.1, -0.05) is 24.3 Å². The molecule has 0 unspecified atom stereocenters. The third-order valence-electron chi connectivity index (χ3n) is 2.85. The Bertz CT molecular complexity index is 808. The van der Waals surface area contributed by atoms with Gasteiger partial charge in [-0.05, 0) is 41.8 Å². The molecular weight excluding hydrogens is 379 g/mol. The van der Waals surface area contributed by atoms with Crippen LogP contribution in [0.3, 0.4) is 0 Å². The molecule has 10 heteroatoms. The molecule has 1 N–H and O–H groups in total. The highest BCUT2D eigenvalue weighted by Crippen LogP contribution is 2.25. The average Bonchev–Trinajstić information content (AvgIpc) is 2.51. The third kappa shape index (κ3) is 6.58. The monoisotopic (exact) mass is 393 g/mol. The molecule has 0 aromatic heterocycles. The molecule has 0 saturated carbocycles. The van der Waals surface area contributed by atoms with E-state index in [1.165, 1.54) is 30.3 Å². The number of sulfone groups is 1. The minimum atomic E-state index is -4.73. The van der Waals surface area contributed by atoms with E-state index in [1.807, 2.05) is 0 Å². The van der Waals surface area contributed by atoms with Gasteiger partial charge in [0.05, 0.1) is 11.5 Å². The van der Waals surface area contributed by atoms with Crippen LogP contribution >= 0.6 is 11.9 Å². The van der Waals surface area contributed by atoms with Crippen molar-refractivity contribution in [1.82, 2.24) is 4.89 Å². The van der Waals surface area contributed by atoms with Crippen LogP contribution in [-0.4, -0.2) is 21.0 Å². The Morgan fingerprint density at radius 2 is 1.72 bits per heavy atom. The lowest BCUT2D eigenvalue weighted by Gasteiger charge is -2.10.